The third-order valence-corrected chi connectivity index (χ3v) is 3.44. The molecule has 1 atom stereocenters. The Bertz CT molecular complexity index is 548. The minimum absolute atomic E-state index is 0.276. The van der Waals surface area contributed by atoms with Crippen LogP contribution in [0.2, 0.25) is 0 Å². The Morgan fingerprint density at radius 3 is 2.56 bits per heavy atom. The van der Waals surface area contributed by atoms with E-state index in [4.69, 9.17) is 5.73 Å². The Morgan fingerprint density at radius 1 is 1.28 bits per heavy atom. The fourth-order valence-corrected chi connectivity index (χ4v) is 2.16. The minimum Gasteiger partial charge on any atom is -0.322 e. The highest BCUT2D eigenvalue weighted by atomic mass is 32.1. The minimum atomic E-state index is -4.36. The van der Waals surface area contributed by atoms with Gasteiger partial charge in [0.25, 0.3) is 0 Å². The number of hydrogen-bond donors (Lipinski definition) is 1. The maximum atomic E-state index is 12.6. The Kier molecular flexibility index (Phi) is 3.36. The van der Waals surface area contributed by atoms with Crippen LogP contribution in [0.25, 0.3) is 10.6 Å². The second-order valence-corrected chi connectivity index (χ2v) is 4.82. The Morgan fingerprint density at radius 2 is 2.00 bits per heavy atom. The molecule has 2 aromatic rings. The molecule has 0 fully saturated rings. The fourth-order valence-electron chi connectivity index (χ4n) is 1.36. The molecule has 0 saturated heterocycles. The van der Waals surface area contributed by atoms with E-state index in [0.717, 1.165) is 12.1 Å². The Balaban J connectivity index is 2.38. The highest BCUT2D eigenvalue weighted by molar-refractivity contribution is 7.14. The molecule has 0 bridgehead atoms. The van der Waals surface area contributed by atoms with Crippen LogP contribution < -0.4 is 5.73 Å². The van der Waals surface area contributed by atoms with Gasteiger partial charge in [-0.05, 0) is 19.1 Å². The number of alkyl halides is 3. The number of rotatable bonds is 2. The van der Waals surface area contributed by atoms with Crippen molar-refractivity contribution >= 4 is 11.3 Å². The fraction of sp³-hybridized carbons (Fsp3) is 0.273. The van der Waals surface area contributed by atoms with Crippen LogP contribution in [0.1, 0.15) is 23.5 Å². The van der Waals surface area contributed by atoms with Gasteiger partial charge in [-0.25, -0.2) is 0 Å². The van der Waals surface area contributed by atoms with Crippen molar-refractivity contribution in [1.29, 1.82) is 0 Å². The summed E-state index contributed by atoms with van der Waals surface area (Å²) in [6, 6.07) is 4.73. The molecule has 96 valence electrons. The van der Waals surface area contributed by atoms with E-state index >= 15 is 0 Å². The van der Waals surface area contributed by atoms with Crippen molar-refractivity contribution in [2.24, 2.45) is 5.73 Å². The van der Waals surface area contributed by atoms with Gasteiger partial charge in [-0.2, -0.15) is 13.2 Å². The van der Waals surface area contributed by atoms with Crippen molar-refractivity contribution in [2.75, 3.05) is 0 Å². The zero-order chi connectivity index (χ0) is 13.3. The Labute approximate surface area is 105 Å². The van der Waals surface area contributed by atoms with Gasteiger partial charge in [-0.1, -0.05) is 23.5 Å². The summed E-state index contributed by atoms with van der Waals surface area (Å²) in [7, 11) is 0. The van der Waals surface area contributed by atoms with E-state index in [1.807, 2.05) is 0 Å². The second kappa shape index (κ2) is 4.66. The SMILES string of the molecule is CC(N)c1nnc(-c2cccc(C(F)(F)F)c2)s1. The van der Waals surface area contributed by atoms with Crippen LogP contribution in [0.3, 0.4) is 0 Å². The lowest BCUT2D eigenvalue weighted by Crippen LogP contribution is -2.04. The first-order chi connectivity index (χ1) is 8.38. The molecule has 0 saturated carbocycles. The lowest BCUT2D eigenvalue weighted by atomic mass is 10.1. The maximum Gasteiger partial charge on any atom is 0.416 e. The van der Waals surface area contributed by atoms with E-state index in [-0.39, 0.29) is 6.04 Å². The number of aromatic nitrogens is 2. The molecule has 0 amide bonds. The van der Waals surface area contributed by atoms with Gasteiger partial charge in [0.1, 0.15) is 10.0 Å². The van der Waals surface area contributed by atoms with Crippen LogP contribution in [0.4, 0.5) is 13.2 Å². The molecule has 1 aromatic carbocycles. The van der Waals surface area contributed by atoms with Gasteiger partial charge in [0.15, 0.2) is 0 Å². The molecule has 2 N–H and O–H groups in total. The quantitative estimate of drug-likeness (QED) is 0.913. The normalized spacial score (nSPS) is 13.6. The molecule has 0 spiro atoms. The van der Waals surface area contributed by atoms with Gasteiger partial charge < -0.3 is 5.73 Å². The summed E-state index contributed by atoms with van der Waals surface area (Å²) < 4.78 is 37.7. The zero-order valence-electron chi connectivity index (χ0n) is 9.40. The van der Waals surface area contributed by atoms with Gasteiger partial charge in [-0.15, -0.1) is 10.2 Å². The van der Waals surface area contributed by atoms with Gasteiger partial charge in [0, 0.05) is 5.56 Å². The van der Waals surface area contributed by atoms with Crippen LogP contribution in [0.5, 0.6) is 0 Å². The average Bonchev–Trinajstić information content (AvgIpc) is 2.77. The number of benzene rings is 1. The average molecular weight is 273 g/mol. The van der Waals surface area contributed by atoms with Crippen LogP contribution in [0, 0.1) is 0 Å². The summed E-state index contributed by atoms with van der Waals surface area (Å²) in [5.74, 6) is 0. The van der Waals surface area contributed by atoms with Gasteiger partial charge in [0.2, 0.25) is 0 Å². The first-order valence-corrected chi connectivity index (χ1v) is 5.96. The first kappa shape index (κ1) is 13.0. The molecule has 1 heterocycles. The van der Waals surface area contributed by atoms with Gasteiger partial charge >= 0.3 is 6.18 Å². The number of halogens is 3. The molecule has 18 heavy (non-hydrogen) atoms. The number of nitrogens with two attached hydrogens (primary N) is 1. The van der Waals surface area contributed by atoms with Crippen molar-refractivity contribution in [3.8, 4) is 10.6 Å². The van der Waals surface area contributed by atoms with E-state index < -0.39 is 11.7 Å². The zero-order valence-corrected chi connectivity index (χ0v) is 10.2. The summed E-state index contributed by atoms with van der Waals surface area (Å²) in [5.41, 5.74) is 5.33. The van der Waals surface area contributed by atoms with Crippen LogP contribution >= 0.6 is 11.3 Å². The number of hydrogen-bond acceptors (Lipinski definition) is 4. The van der Waals surface area contributed by atoms with E-state index in [9.17, 15) is 13.2 Å². The molecule has 0 radical (unpaired) electrons. The topological polar surface area (TPSA) is 51.8 Å². The van der Waals surface area contributed by atoms with Crippen molar-refractivity contribution < 1.29 is 13.2 Å². The van der Waals surface area contributed by atoms with E-state index in [2.05, 4.69) is 10.2 Å². The molecule has 0 aliphatic heterocycles. The van der Waals surface area contributed by atoms with E-state index in [1.165, 1.54) is 17.4 Å². The highest BCUT2D eigenvalue weighted by Gasteiger charge is 2.30. The van der Waals surface area contributed by atoms with Crippen molar-refractivity contribution in [3.05, 3.63) is 34.8 Å². The molecular formula is C11H10F3N3S. The molecule has 0 aliphatic rings. The summed E-state index contributed by atoms with van der Waals surface area (Å²) in [6.07, 6.45) is -4.36. The lowest BCUT2D eigenvalue weighted by molar-refractivity contribution is -0.137. The van der Waals surface area contributed by atoms with Crippen LogP contribution in [0.15, 0.2) is 24.3 Å². The third-order valence-electron chi connectivity index (χ3n) is 2.27. The van der Waals surface area contributed by atoms with Crippen molar-refractivity contribution in [2.45, 2.75) is 19.1 Å². The molecule has 1 unspecified atom stereocenters. The highest BCUT2D eigenvalue weighted by Crippen LogP contribution is 2.33. The van der Waals surface area contributed by atoms with Gasteiger partial charge in [-0.3, -0.25) is 0 Å². The molecule has 2 rings (SSSR count). The predicted molar refractivity (Wildman–Crippen MR) is 62.9 cm³/mol. The molecule has 0 aliphatic carbocycles. The monoisotopic (exact) mass is 273 g/mol. The summed E-state index contributed by atoms with van der Waals surface area (Å²) in [4.78, 5) is 0. The van der Waals surface area contributed by atoms with Crippen molar-refractivity contribution in [3.63, 3.8) is 0 Å². The molecular weight excluding hydrogens is 263 g/mol. The summed E-state index contributed by atoms with van der Waals surface area (Å²) in [5, 5.41) is 8.74. The predicted octanol–water partition coefficient (Wildman–Crippen LogP) is 3.24. The van der Waals surface area contributed by atoms with Crippen LogP contribution in [-0.4, -0.2) is 10.2 Å². The first-order valence-electron chi connectivity index (χ1n) is 5.14. The van der Waals surface area contributed by atoms with Gasteiger partial charge in [0.05, 0.1) is 11.6 Å². The van der Waals surface area contributed by atoms with E-state index in [0.29, 0.717) is 15.6 Å². The molecule has 7 heteroatoms. The second-order valence-electron chi connectivity index (χ2n) is 3.81. The van der Waals surface area contributed by atoms with Crippen molar-refractivity contribution in [1.82, 2.24) is 10.2 Å². The molecule has 3 nitrogen and oxygen atoms in total. The third kappa shape index (κ3) is 2.68. The largest absolute Gasteiger partial charge is 0.416 e. The maximum absolute atomic E-state index is 12.6. The smallest absolute Gasteiger partial charge is 0.322 e. The lowest BCUT2D eigenvalue weighted by Gasteiger charge is -2.06. The summed E-state index contributed by atoms with van der Waals surface area (Å²) in [6.45, 7) is 1.75. The Hall–Kier alpha value is -1.47. The molecule has 1 aromatic heterocycles. The van der Waals surface area contributed by atoms with E-state index in [1.54, 1.807) is 13.0 Å². The number of nitrogens with zero attached hydrogens (tertiary/aromatic N) is 2. The summed E-state index contributed by atoms with van der Waals surface area (Å²) >= 11 is 1.20. The standard InChI is InChI=1S/C11H10F3N3S/c1-6(15)9-16-17-10(18-9)7-3-2-4-8(5-7)11(12,13)14/h2-6H,15H2,1H3. The van der Waals surface area contributed by atoms with Crippen LogP contribution in [-0.2, 0) is 6.18 Å².